The summed E-state index contributed by atoms with van der Waals surface area (Å²) >= 11 is 0. The van der Waals surface area contributed by atoms with Crippen molar-refractivity contribution in [3.05, 3.63) is 53.8 Å². The second-order valence-corrected chi connectivity index (χ2v) is 10.0. The molecule has 8 heteroatoms. The molecule has 2 heterocycles. The highest BCUT2D eigenvalue weighted by molar-refractivity contribution is 7.92. The average molecular weight is 444 g/mol. The standard InChI is InChI=1S/C23H29N3O4S/c1-15-5-6-22(29-4)21(9-15)25-31(27,28)20-10-18-7-8-30-23(18)19(11-20)14-26-13-16(2)24-12-17(26)3/h5-11,16-17,24-25H,12-14H2,1-4H3/t16-,17+/m0/s1. The minimum absolute atomic E-state index is 0.204. The molecule has 0 bridgehead atoms. The van der Waals surface area contributed by atoms with Crippen LogP contribution >= 0.6 is 0 Å². The van der Waals surface area contributed by atoms with Crippen LogP contribution in [0.5, 0.6) is 5.75 Å². The van der Waals surface area contributed by atoms with E-state index in [1.54, 1.807) is 36.6 Å². The van der Waals surface area contributed by atoms with Gasteiger partial charge < -0.3 is 14.5 Å². The highest BCUT2D eigenvalue weighted by Gasteiger charge is 2.25. The number of rotatable bonds is 6. The van der Waals surface area contributed by atoms with Gasteiger partial charge in [-0.2, -0.15) is 0 Å². The number of ether oxygens (including phenoxy) is 1. The van der Waals surface area contributed by atoms with Gasteiger partial charge in [0.1, 0.15) is 11.3 Å². The van der Waals surface area contributed by atoms with Crippen LogP contribution in [-0.2, 0) is 16.6 Å². The number of furan rings is 1. The number of hydrogen-bond donors (Lipinski definition) is 2. The normalized spacial score (nSPS) is 20.1. The van der Waals surface area contributed by atoms with Gasteiger partial charge in [-0.25, -0.2) is 8.42 Å². The van der Waals surface area contributed by atoms with Crippen molar-refractivity contribution >= 4 is 26.7 Å². The van der Waals surface area contributed by atoms with E-state index in [4.69, 9.17) is 9.15 Å². The third-order valence-corrected chi connectivity index (χ3v) is 7.12. The lowest BCUT2D eigenvalue weighted by Gasteiger charge is -2.37. The van der Waals surface area contributed by atoms with E-state index in [2.05, 4.69) is 28.8 Å². The average Bonchev–Trinajstić information content (AvgIpc) is 3.20. The number of fused-ring (bicyclic) bond motifs is 1. The molecule has 4 rings (SSSR count). The first-order chi connectivity index (χ1) is 14.8. The molecule has 2 atom stereocenters. The fourth-order valence-electron chi connectivity index (χ4n) is 4.04. The van der Waals surface area contributed by atoms with E-state index in [1.807, 2.05) is 13.0 Å². The Hall–Kier alpha value is -2.55. The van der Waals surface area contributed by atoms with E-state index in [0.29, 0.717) is 30.1 Å². The summed E-state index contributed by atoms with van der Waals surface area (Å²) in [6.45, 7) is 8.64. The summed E-state index contributed by atoms with van der Waals surface area (Å²) in [5, 5.41) is 4.24. The highest BCUT2D eigenvalue weighted by Crippen LogP contribution is 2.31. The molecule has 2 aromatic carbocycles. The van der Waals surface area contributed by atoms with Crippen LogP contribution in [0.15, 0.2) is 52.0 Å². The first-order valence-electron chi connectivity index (χ1n) is 10.4. The molecule has 0 saturated carbocycles. The number of sulfonamides is 1. The van der Waals surface area contributed by atoms with Gasteiger partial charge in [0.2, 0.25) is 0 Å². The lowest BCUT2D eigenvalue weighted by atomic mass is 10.1. The topological polar surface area (TPSA) is 83.8 Å². The van der Waals surface area contributed by atoms with E-state index in [9.17, 15) is 8.42 Å². The Morgan fingerprint density at radius 2 is 2.03 bits per heavy atom. The number of methoxy groups -OCH3 is 1. The molecule has 1 saturated heterocycles. The van der Waals surface area contributed by atoms with Crippen LogP contribution in [0.1, 0.15) is 25.0 Å². The van der Waals surface area contributed by atoms with Crippen LogP contribution < -0.4 is 14.8 Å². The summed E-state index contributed by atoms with van der Waals surface area (Å²) < 4.78 is 40.3. The van der Waals surface area contributed by atoms with Crippen LogP contribution in [0.25, 0.3) is 11.0 Å². The first kappa shape index (κ1) is 21.7. The zero-order chi connectivity index (χ0) is 22.2. The van der Waals surface area contributed by atoms with Crippen molar-refractivity contribution in [1.82, 2.24) is 10.2 Å². The predicted molar refractivity (Wildman–Crippen MR) is 122 cm³/mol. The van der Waals surface area contributed by atoms with Crippen LogP contribution in [0, 0.1) is 6.92 Å². The van der Waals surface area contributed by atoms with Crippen molar-refractivity contribution in [2.75, 3.05) is 24.9 Å². The third kappa shape index (κ3) is 4.56. The summed E-state index contributed by atoms with van der Waals surface area (Å²) in [5.74, 6) is 0.474. The summed E-state index contributed by atoms with van der Waals surface area (Å²) in [5.41, 5.74) is 2.94. The highest BCUT2D eigenvalue weighted by atomic mass is 32.2. The van der Waals surface area contributed by atoms with Gasteiger partial charge in [0.05, 0.1) is 24.0 Å². The second kappa shape index (κ2) is 8.53. The maximum atomic E-state index is 13.3. The van der Waals surface area contributed by atoms with Crippen LogP contribution in [0.4, 0.5) is 5.69 Å². The monoisotopic (exact) mass is 443 g/mol. The second-order valence-electron chi connectivity index (χ2n) is 8.32. The van der Waals surface area contributed by atoms with Gasteiger partial charge in [0, 0.05) is 42.7 Å². The summed E-state index contributed by atoms with van der Waals surface area (Å²) in [7, 11) is -2.30. The molecule has 2 N–H and O–H groups in total. The number of hydrogen-bond acceptors (Lipinski definition) is 6. The Bertz CT molecular complexity index is 1190. The summed E-state index contributed by atoms with van der Waals surface area (Å²) in [6.07, 6.45) is 1.60. The van der Waals surface area contributed by atoms with Crippen molar-refractivity contribution in [2.24, 2.45) is 0 Å². The van der Waals surface area contributed by atoms with Crippen molar-refractivity contribution in [1.29, 1.82) is 0 Å². The molecule has 31 heavy (non-hydrogen) atoms. The third-order valence-electron chi connectivity index (χ3n) is 5.78. The molecule has 3 aromatic rings. The maximum Gasteiger partial charge on any atom is 0.262 e. The predicted octanol–water partition coefficient (Wildman–Crippen LogP) is 3.73. The molecule has 0 aliphatic carbocycles. The Kier molecular flexibility index (Phi) is 5.96. The lowest BCUT2D eigenvalue weighted by Crippen LogP contribution is -2.53. The fraction of sp³-hybridized carbons (Fsp3) is 0.391. The number of aryl methyl sites for hydroxylation is 1. The van der Waals surface area contributed by atoms with Crippen LogP contribution in [-0.4, -0.2) is 45.6 Å². The Balaban J connectivity index is 1.70. The van der Waals surface area contributed by atoms with Gasteiger partial charge in [-0.3, -0.25) is 9.62 Å². The molecule has 1 aliphatic heterocycles. The zero-order valence-corrected chi connectivity index (χ0v) is 19.1. The van der Waals surface area contributed by atoms with E-state index in [0.717, 1.165) is 35.2 Å². The van der Waals surface area contributed by atoms with Gasteiger partial charge >= 0.3 is 0 Å². The van der Waals surface area contributed by atoms with Gasteiger partial charge in [0.25, 0.3) is 10.0 Å². The molecule has 166 valence electrons. The van der Waals surface area contributed by atoms with Gasteiger partial charge in [0.15, 0.2) is 0 Å². The minimum atomic E-state index is -3.82. The molecule has 0 amide bonds. The van der Waals surface area contributed by atoms with Crippen molar-refractivity contribution in [3.8, 4) is 5.75 Å². The van der Waals surface area contributed by atoms with Gasteiger partial charge in [-0.05, 0) is 56.7 Å². The molecule has 0 unspecified atom stereocenters. The number of nitrogens with zero attached hydrogens (tertiary/aromatic N) is 1. The van der Waals surface area contributed by atoms with Gasteiger partial charge in [-0.1, -0.05) is 6.07 Å². The zero-order valence-electron chi connectivity index (χ0n) is 18.3. The van der Waals surface area contributed by atoms with Gasteiger partial charge in [-0.15, -0.1) is 0 Å². The maximum absolute atomic E-state index is 13.3. The number of nitrogens with one attached hydrogen (secondary N) is 2. The quantitative estimate of drug-likeness (QED) is 0.604. The summed E-state index contributed by atoms with van der Waals surface area (Å²) in [4.78, 5) is 2.56. The van der Waals surface area contributed by atoms with Crippen molar-refractivity contribution in [3.63, 3.8) is 0 Å². The molecule has 1 aliphatic rings. The summed E-state index contributed by atoms with van der Waals surface area (Å²) in [6, 6.07) is 11.3. The minimum Gasteiger partial charge on any atom is -0.495 e. The van der Waals surface area contributed by atoms with E-state index in [1.165, 1.54) is 7.11 Å². The van der Waals surface area contributed by atoms with Crippen molar-refractivity contribution < 1.29 is 17.6 Å². The number of anilines is 1. The number of piperazine rings is 1. The van der Waals surface area contributed by atoms with E-state index in [-0.39, 0.29) is 4.90 Å². The lowest BCUT2D eigenvalue weighted by molar-refractivity contribution is 0.139. The van der Waals surface area contributed by atoms with E-state index < -0.39 is 10.0 Å². The van der Waals surface area contributed by atoms with E-state index >= 15 is 0 Å². The van der Waals surface area contributed by atoms with Crippen molar-refractivity contribution in [2.45, 2.75) is 44.3 Å². The molecule has 7 nitrogen and oxygen atoms in total. The van der Waals surface area contributed by atoms with Crippen LogP contribution in [0.2, 0.25) is 0 Å². The molecular formula is C23H29N3O4S. The molecule has 1 fully saturated rings. The molecule has 1 aromatic heterocycles. The largest absolute Gasteiger partial charge is 0.495 e. The SMILES string of the molecule is COc1ccc(C)cc1NS(=O)(=O)c1cc(CN2C[C@H](C)NC[C@H]2C)c2occc2c1. The van der Waals surface area contributed by atoms with Crippen LogP contribution in [0.3, 0.4) is 0 Å². The first-order valence-corrected chi connectivity index (χ1v) is 11.9. The smallest absolute Gasteiger partial charge is 0.262 e. The Morgan fingerprint density at radius 1 is 1.23 bits per heavy atom. The Morgan fingerprint density at radius 3 is 2.81 bits per heavy atom. The number of benzene rings is 2. The molecule has 0 radical (unpaired) electrons. The molecule has 0 spiro atoms. The fourth-order valence-corrected chi connectivity index (χ4v) is 5.19. The molecular weight excluding hydrogens is 414 g/mol. The Labute approximate surface area is 183 Å².